The Hall–Kier alpha value is -1.15. The van der Waals surface area contributed by atoms with Crippen LogP contribution >= 0.6 is 15.9 Å². The molecule has 1 N–H and O–H groups in total. The number of nitrogens with one attached hydrogen (secondary N) is 1. The van der Waals surface area contributed by atoms with Crippen LogP contribution in [0.3, 0.4) is 0 Å². The van der Waals surface area contributed by atoms with E-state index in [0.29, 0.717) is 4.47 Å². The van der Waals surface area contributed by atoms with Crippen LogP contribution in [-0.4, -0.2) is 38.7 Å². The van der Waals surface area contributed by atoms with E-state index < -0.39 is 10.0 Å². The molecule has 0 saturated heterocycles. The Kier molecular flexibility index (Phi) is 5.44. The van der Waals surface area contributed by atoms with Gasteiger partial charge in [-0.15, -0.1) is 0 Å². The number of hydrogen-bond donors (Lipinski definition) is 1. The molecule has 0 bridgehead atoms. The molecule has 1 aromatic rings. The molecule has 1 aliphatic rings. The summed E-state index contributed by atoms with van der Waals surface area (Å²) in [6.07, 6.45) is 7.91. The SMILES string of the molecule is CN(c1ncc(Br)cc1C(=O)NC1CCCCC1)S(C)(=O)=O. The van der Waals surface area contributed by atoms with E-state index >= 15 is 0 Å². The molecule has 0 radical (unpaired) electrons. The van der Waals surface area contributed by atoms with Crippen molar-refractivity contribution in [3.05, 3.63) is 22.3 Å². The second kappa shape index (κ2) is 6.95. The first-order valence-corrected chi connectivity index (χ1v) is 9.83. The van der Waals surface area contributed by atoms with Gasteiger partial charge in [-0.25, -0.2) is 13.4 Å². The lowest BCUT2D eigenvalue weighted by atomic mass is 9.95. The highest BCUT2D eigenvalue weighted by Crippen LogP contribution is 2.24. The first kappa shape index (κ1) is 17.2. The van der Waals surface area contributed by atoms with Gasteiger partial charge < -0.3 is 5.32 Å². The van der Waals surface area contributed by atoms with Gasteiger partial charge in [-0.3, -0.25) is 9.10 Å². The number of hydrogen-bond acceptors (Lipinski definition) is 4. The second-order valence-corrected chi connectivity index (χ2v) is 8.49. The zero-order valence-electron chi connectivity index (χ0n) is 12.7. The van der Waals surface area contributed by atoms with E-state index in [0.717, 1.165) is 36.2 Å². The van der Waals surface area contributed by atoms with Crippen LogP contribution in [0, 0.1) is 0 Å². The van der Waals surface area contributed by atoms with Crippen molar-refractivity contribution in [2.45, 2.75) is 38.1 Å². The summed E-state index contributed by atoms with van der Waals surface area (Å²) in [5.41, 5.74) is 0.257. The normalized spacial score (nSPS) is 16.3. The van der Waals surface area contributed by atoms with E-state index in [-0.39, 0.29) is 23.3 Å². The number of halogens is 1. The number of pyridine rings is 1. The van der Waals surface area contributed by atoms with Gasteiger partial charge in [-0.05, 0) is 34.8 Å². The largest absolute Gasteiger partial charge is 0.349 e. The summed E-state index contributed by atoms with van der Waals surface area (Å²) in [6.45, 7) is 0. The molecule has 0 spiro atoms. The third-order valence-electron chi connectivity index (χ3n) is 3.81. The summed E-state index contributed by atoms with van der Waals surface area (Å²) in [7, 11) is -2.09. The first-order chi connectivity index (χ1) is 10.3. The van der Waals surface area contributed by atoms with Crippen molar-refractivity contribution in [2.24, 2.45) is 0 Å². The summed E-state index contributed by atoms with van der Waals surface area (Å²) in [5.74, 6) is -0.148. The summed E-state index contributed by atoms with van der Waals surface area (Å²) >= 11 is 3.28. The lowest BCUT2D eigenvalue weighted by Crippen LogP contribution is -2.37. The second-order valence-electron chi connectivity index (χ2n) is 5.56. The maximum atomic E-state index is 12.5. The highest BCUT2D eigenvalue weighted by molar-refractivity contribution is 9.10. The number of amides is 1. The molecule has 1 fully saturated rings. The predicted molar refractivity (Wildman–Crippen MR) is 89.5 cm³/mol. The van der Waals surface area contributed by atoms with Crippen LogP contribution in [0.4, 0.5) is 5.82 Å². The number of aromatic nitrogens is 1. The number of carbonyl (C=O) groups is 1. The maximum absolute atomic E-state index is 12.5. The van der Waals surface area contributed by atoms with Gasteiger partial charge in [0.25, 0.3) is 5.91 Å². The van der Waals surface area contributed by atoms with Crippen LogP contribution < -0.4 is 9.62 Å². The minimum absolute atomic E-state index is 0.138. The summed E-state index contributed by atoms with van der Waals surface area (Å²) < 4.78 is 25.1. The van der Waals surface area contributed by atoms with Gasteiger partial charge in [-0.1, -0.05) is 19.3 Å². The summed E-state index contributed by atoms with van der Waals surface area (Å²) in [6, 6.07) is 1.75. The average Bonchev–Trinajstić information content (AvgIpc) is 2.46. The molecule has 2 rings (SSSR count). The monoisotopic (exact) mass is 389 g/mol. The zero-order chi connectivity index (χ0) is 16.3. The molecule has 22 heavy (non-hydrogen) atoms. The van der Waals surface area contributed by atoms with Gasteiger partial charge in [0.15, 0.2) is 5.82 Å². The Labute approximate surface area is 139 Å². The summed E-state index contributed by atoms with van der Waals surface area (Å²) in [5, 5.41) is 2.99. The Morgan fingerprint density at radius 3 is 2.59 bits per heavy atom. The smallest absolute Gasteiger partial charge is 0.255 e. The van der Waals surface area contributed by atoms with Crippen LogP contribution in [0.15, 0.2) is 16.7 Å². The fraction of sp³-hybridized carbons (Fsp3) is 0.571. The van der Waals surface area contributed by atoms with Crippen molar-refractivity contribution in [2.75, 3.05) is 17.6 Å². The fourth-order valence-corrected chi connectivity index (χ4v) is 3.31. The lowest BCUT2D eigenvalue weighted by Gasteiger charge is -2.24. The van der Waals surface area contributed by atoms with E-state index in [1.54, 1.807) is 6.07 Å². The van der Waals surface area contributed by atoms with Gasteiger partial charge in [-0.2, -0.15) is 0 Å². The Bertz CT molecular complexity index is 657. The molecule has 6 nitrogen and oxygen atoms in total. The quantitative estimate of drug-likeness (QED) is 0.856. The number of sulfonamides is 1. The molecule has 1 aromatic heterocycles. The highest BCUT2D eigenvalue weighted by Gasteiger charge is 2.24. The van der Waals surface area contributed by atoms with Crippen LogP contribution in [-0.2, 0) is 10.0 Å². The number of nitrogens with zero attached hydrogens (tertiary/aromatic N) is 2. The van der Waals surface area contributed by atoms with Crippen LogP contribution in [0.25, 0.3) is 0 Å². The predicted octanol–water partition coefficient (Wildman–Crippen LogP) is 2.30. The molecule has 8 heteroatoms. The van der Waals surface area contributed by atoms with Crippen LogP contribution in [0.5, 0.6) is 0 Å². The molecule has 1 aliphatic carbocycles. The Morgan fingerprint density at radius 1 is 1.36 bits per heavy atom. The zero-order valence-corrected chi connectivity index (χ0v) is 15.1. The van der Waals surface area contributed by atoms with Crippen molar-refractivity contribution in [1.82, 2.24) is 10.3 Å². The van der Waals surface area contributed by atoms with E-state index in [1.807, 2.05) is 0 Å². The van der Waals surface area contributed by atoms with Gasteiger partial charge in [0.2, 0.25) is 10.0 Å². The minimum atomic E-state index is -3.48. The molecule has 122 valence electrons. The molecule has 1 heterocycles. The molecular formula is C14H20BrN3O3S. The number of anilines is 1. The first-order valence-electron chi connectivity index (χ1n) is 7.19. The molecule has 0 aliphatic heterocycles. The van der Waals surface area contributed by atoms with Crippen LogP contribution in [0.2, 0.25) is 0 Å². The molecule has 1 saturated carbocycles. The number of carbonyl (C=O) groups excluding carboxylic acids is 1. The standard InChI is InChI=1S/C14H20BrN3O3S/c1-18(22(2,20)21)13-12(8-10(15)9-16-13)14(19)17-11-6-4-3-5-7-11/h8-9,11H,3-7H2,1-2H3,(H,17,19). The van der Waals surface area contributed by atoms with E-state index in [4.69, 9.17) is 0 Å². The van der Waals surface area contributed by atoms with E-state index in [2.05, 4.69) is 26.2 Å². The van der Waals surface area contributed by atoms with Crippen molar-refractivity contribution in [3.63, 3.8) is 0 Å². The lowest BCUT2D eigenvalue weighted by molar-refractivity contribution is 0.0928. The van der Waals surface area contributed by atoms with E-state index in [1.165, 1.54) is 19.7 Å². The average molecular weight is 390 g/mol. The van der Waals surface area contributed by atoms with Crippen molar-refractivity contribution in [3.8, 4) is 0 Å². The highest BCUT2D eigenvalue weighted by atomic mass is 79.9. The van der Waals surface area contributed by atoms with Crippen molar-refractivity contribution < 1.29 is 13.2 Å². The van der Waals surface area contributed by atoms with Gasteiger partial charge in [0.05, 0.1) is 11.8 Å². The Balaban J connectivity index is 2.28. The van der Waals surface area contributed by atoms with Gasteiger partial charge in [0, 0.05) is 23.8 Å². The minimum Gasteiger partial charge on any atom is -0.349 e. The van der Waals surface area contributed by atoms with Crippen molar-refractivity contribution >= 4 is 37.7 Å². The van der Waals surface area contributed by atoms with Gasteiger partial charge in [0.1, 0.15) is 0 Å². The third-order valence-corrected chi connectivity index (χ3v) is 5.42. The molecule has 1 amide bonds. The topological polar surface area (TPSA) is 79.4 Å². The summed E-state index contributed by atoms with van der Waals surface area (Å²) in [4.78, 5) is 16.6. The molecule has 0 atom stereocenters. The molecule has 0 aromatic carbocycles. The number of rotatable bonds is 4. The van der Waals surface area contributed by atoms with Crippen molar-refractivity contribution in [1.29, 1.82) is 0 Å². The maximum Gasteiger partial charge on any atom is 0.255 e. The Morgan fingerprint density at radius 2 is 2.00 bits per heavy atom. The fourth-order valence-electron chi connectivity index (χ4n) is 2.52. The van der Waals surface area contributed by atoms with E-state index in [9.17, 15) is 13.2 Å². The molecule has 0 unspecified atom stereocenters. The van der Waals surface area contributed by atoms with Crippen LogP contribution in [0.1, 0.15) is 42.5 Å². The molecular weight excluding hydrogens is 370 g/mol. The van der Waals surface area contributed by atoms with Gasteiger partial charge >= 0.3 is 0 Å². The third kappa shape index (κ3) is 4.19.